The number of hydrogen-bond donors (Lipinski definition) is 4. The van der Waals surface area contributed by atoms with E-state index in [1.165, 1.54) is 0 Å². The van der Waals surface area contributed by atoms with Gasteiger partial charge in [-0.15, -0.1) is 0 Å². The third-order valence-corrected chi connectivity index (χ3v) is 4.63. The maximum absolute atomic E-state index is 12.5. The molecule has 4 N–H and O–H groups in total. The van der Waals surface area contributed by atoms with Crippen LogP contribution in [0.5, 0.6) is 0 Å². The number of nitrogens with one attached hydrogen (secondary N) is 3. The van der Waals surface area contributed by atoms with Gasteiger partial charge in [-0.05, 0) is 67.1 Å². The van der Waals surface area contributed by atoms with E-state index >= 15 is 0 Å². The first-order valence-electron chi connectivity index (χ1n) is 10.5. The molecule has 0 fully saturated rings. The molecule has 0 aliphatic carbocycles. The third kappa shape index (κ3) is 6.11. The summed E-state index contributed by atoms with van der Waals surface area (Å²) in [5.74, 6) is 0.189. The lowest BCUT2D eigenvalue weighted by Crippen LogP contribution is -2.12. The van der Waals surface area contributed by atoms with E-state index in [2.05, 4.69) is 25.6 Å². The van der Waals surface area contributed by atoms with Gasteiger partial charge in [-0.3, -0.25) is 20.5 Å². The molecular formula is C25H32N6O2. The Bertz CT molecular complexity index is 1210. The van der Waals surface area contributed by atoms with Gasteiger partial charge in [0.05, 0.1) is 11.4 Å². The predicted molar refractivity (Wildman–Crippen MR) is 137 cm³/mol. The van der Waals surface area contributed by atoms with Crippen molar-refractivity contribution in [2.45, 2.75) is 20.8 Å². The lowest BCUT2D eigenvalue weighted by molar-refractivity contribution is 0.102. The molecule has 0 spiro atoms. The van der Waals surface area contributed by atoms with Gasteiger partial charge in [-0.1, -0.05) is 19.9 Å². The fourth-order valence-electron chi connectivity index (χ4n) is 2.95. The van der Waals surface area contributed by atoms with Crippen LogP contribution in [0.3, 0.4) is 0 Å². The highest BCUT2D eigenvalue weighted by atomic mass is 16.5. The Labute approximate surface area is 197 Å². The smallest absolute Gasteiger partial charge is 0.255 e. The molecular weight excluding hydrogens is 416 g/mol. The van der Waals surface area contributed by atoms with E-state index in [0.717, 1.165) is 22.5 Å². The van der Waals surface area contributed by atoms with Gasteiger partial charge in [0.15, 0.2) is 0 Å². The highest BCUT2D eigenvalue weighted by Gasteiger charge is 2.09. The number of benzene rings is 2. The number of rotatable bonds is 6. The molecule has 174 valence electrons. The molecule has 0 saturated carbocycles. The Morgan fingerprint density at radius 2 is 1.73 bits per heavy atom. The highest BCUT2D eigenvalue weighted by Crippen LogP contribution is 2.24. The van der Waals surface area contributed by atoms with Gasteiger partial charge in [0.1, 0.15) is 0 Å². The summed E-state index contributed by atoms with van der Waals surface area (Å²) in [7, 11) is 0. The quantitative estimate of drug-likeness (QED) is 0.252. The second kappa shape index (κ2) is 11.4. The first-order valence-corrected chi connectivity index (χ1v) is 10.5. The summed E-state index contributed by atoms with van der Waals surface area (Å²) in [5.41, 5.74) is 7.06. The van der Waals surface area contributed by atoms with E-state index in [0.29, 0.717) is 22.9 Å². The summed E-state index contributed by atoms with van der Waals surface area (Å²) < 4.78 is 0. The molecule has 33 heavy (non-hydrogen) atoms. The summed E-state index contributed by atoms with van der Waals surface area (Å²) in [6.45, 7) is 5.96. The van der Waals surface area contributed by atoms with Gasteiger partial charge in [0.2, 0.25) is 5.95 Å². The van der Waals surface area contributed by atoms with Crippen LogP contribution in [-0.2, 0) is 0 Å². The lowest BCUT2D eigenvalue weighted by Gasteiger charge is -2.12. The Kier molecular flexibility index (Phi) is 8.04. The number of nitrogens with zero attached hydrogens (tertiary/aromatic N) is 3. The van der Waals surface area contributed by atoms with Crippen LogP contribution in [-0.4, -0.2) is 26.1 Å². The van der Waals surface area contributed by atoms with Crippen LogP contribution in [0.1, 0.15) is 34.0 Å². The number of carbonyl (C=O) groups excluding carboxylic acids is 1. The van der Waals surface area contributed by atoms with Crippen LogP contribution >= 0.6 is 0 Å². The fourth-order valence-corrected chi connectivity index (χ4v) is 2.95. The number of aromatic nitrogens is 3. The molecule has 0 bridgehead atoms. The van der Waals surface area contributed by atoms with Crippen molar-refractivity contribution in [3.63, 3.8) is 0 Å². The van der Waals surface area contributed by atoms with Crippen molar-refractivity contribution in [2.24, 2.45) is 0 Å². The SMILES string of the molecule is CC.Cc1ccc(NC(=O)c2ccc(NO)cc2)cc1Nc1nccc(-c2cccnc2)n1.[HH].[HH].[HH]. The number of aryl methyl sites for hydroxylation is 1. The van der Waals surface area contributed by atoms with Crippen LogP contribution in [0.25, 0.3) is 11.3 Å². The van der Waals surface area contributed by atoms with Crippen molar-refractivity contribution in [1.82, 2.24) is 15.0 Å². The molecule has 8 nitrogen and oxygen atoms in total. The van der Waals surface area contributed by atoms with Gasteiger partial charge in [-0.2, -0.15) is 0 Å². The van der Waals surface area contributed by atoms with Gasteiger partial charge < -0.3 is 10.6 Å². The molecule has 0 atom stereocenters. The van der Waals surface area contributed by atoms with Crippen LogP contribution in [0.15, 0.2) is 79.3 Å². The van der Waals surface area contributed by atoms with Crippen LogP contribution in [0, 0.1) is 6.92 Å². The van der Waals surface area contributed by atoms with Gasteiger partial charge in [0, 0.05) is 45.4 Å². The minimum atomic E-state index is -0.255. The molecule has 2 heterocycles. The van der Waals surface area contributed by atoms with Crippen LogP contribution < -0.4 is 16.1 Å². The standard InChI is InChI=1S/C23H20N6O2.C2H6.3H2/c1-15-4-7-19(26-22(30)16-5-8-18(29-31)9-6-16)13-21(15)28-23-25-12-10-20(27-23)17-3-2-11-24-14-17;1-2;;;/h2-14,29,31H,1H3,(H,26,30)(H,25,27,28);1-2H3;3*1H. The van der Waals surface area contributed by atoms with Gasteiger partial charge in [-0.25, -0.2) is 9.97 Å². The molecule has 4 rings (SSSR count). The van der Waals surface area contributed by atoms with Crippen molar-refractivity contribution in [3.05, 3.63) is 90.4 Å². The maximum Gasteiger partial charge on any atom is 0.255 e. The summed E-state index contributed by atoms with van der Waals surface area (Å²) in [6.07, 6.45) is 5.14. The molecule has 0 radical (unpaired) electrons. The molecule has 0 unspecified atom stereocenters. The molecule has 0 saturated heterocycles. The largest absolute Gasteiger partial charge is 0.324 e. The fraction of sp³-hybridized carbons (Fsp3) is 0.120. The average molecular weight is 449 g/mol. The normalized spacial score (nSPS) is 9.94. The summed E-state index contributed by atoms with van der Waals surface area (Å²) in [5, 5.41) is 15.0. The van der Waals surface area contributed by atoms with E-state index in [4.69, 9.17) is 5.21 Å². The van der Waals surface area contributed by atoms with E-state index in [1.807, 2.05) is 62.6 Å². The zero-order valence-electron chi connectivity index (χ0n) is 18.7. The zero-order chi connectivity index (χ0) is 23.6. The Morgan fingerprint density at radius 1 is 0.970 bits per heavy atom. The van der Waals surface area contributed by atoms with Crippen molar-refractivity contribution in [3.8, 4) is 11.3 Å². The number of amides is 1. The number of carbonyl (C=O) groups is 1. The molecule has 0 aliphatic heterocycles. The topological polar surface area (TPSA) is 112 Å². The molecule has 4 aromatic rings. The molecule has 0 aliphatic rings. The van der Waals surface area contributed by atoms with Gasteiger partial charge >= 0.3 is 0 Å². The second-order valence-electron chi connectivity index (χ2n) is 6.81. The second-order valence-corrected chi connectivity index (χ2v) is 6.81. The maximum atomic E-state index is 12.5. The van der Waals surface area contributed by atoms with Crippen LogP contribution in [0.4, 0.5) is 23.0 Å². The molecule has 2 aromatic heterocycles. The van der Waals surface area contributed by atoms with E-state index in [1.54, 1.807) is 42.9 Å². The summed E-state index contributed by atoms with van der Waals surface area (Å²) in [6, 6.07) is 17.7. The van der Waals surface area contributed by atoms with Crippen LogP contribution in [0.2, 0.25) is 0 Å². The predicted octanol–water partition coefficient (Wildman–Crippen LogP) is 6.41. The molecule has 8 heteroatoms. The lowest BCUT2D eigenvalue weighted by atomic mass is 10.1. The third-order valence-electron chi connectivity index (χ3n) is 4.63. The summed E-state index contributed by atoms with van der Waals surface area (Å²) in [4.78, 5) is 25.5. The van der Waals surface area contributed by atoms with Crippen molar-refractivity contribution < 1.29 is 14.3 Å². The van der Waals surface area contributed by atoms with Crippen molar-refractivity contribution >= 4 is 28.9 Å². The first kappa shape index (κ1) is 23.4. The number of anilines is 4. The van der Waals surface area contributed by atoms with Crippen molar-refractivity contribution in [1.29, 1.82) is 0 Å². The van der Waals surface area contributed by atoms with E-state index in [9.17, 15) is 4.79 Å². The van der Waals surface area contributed by atoms with Gasteiger partial charge in [0.25, 0.3) is 5.91 Å². The monoisotopic (exact) mass is 448 g/mol. The minimum Gasteiger partial charge on any atom is -0.324 e. The minimum absolute atomic E-state index is 0. The average Bonchev–Trinajstić information content (AvgIpc) is 2.88. The number of pyridine rings is 1. The molecule has 2 aromatic carbocycles. The Morgan fingerprint density at radius 3 is 2.42 bits per heavy atom. The highest BCUT2D eigenvalue weighted by molar-refractivity contribution is 6.04. The van der Waals surface area contributed by atoms with E-state index < -0.39 is 0 Å². The summed E-state index contributed by atoms with van der Waals surface area (Å²) >= 11 is 0. The Balaban J connectivity index is 0.00000239. The van der Waals surface area contributed by atoms with Crippen molar-refractivity contribution in [2.75, 3.05) is 16.1 Å². The zero-order valence-corrected chi connectivity index (χ0v) is 18.7. The number of hydrogen-bond acceptors (Lipinski definition) is 7. The Hall–Kier alpha value is -4.30. The first-order chi connectivity index (χ1) is 16.1. The van der Waals surface area contributed by atoms with E-state index in [-0.39, 0.29) is 10.2 Å². The molecule has 1 amide bonds.